The van der Waals surface area contributed by atoms with E-state index in [0.717, 1.165) is 40.5 Å². The van der Waals surface area contributed by atoms with Crippen molar-refractivity contribution in [3.63, 3.8) is 0 Å². The molecule has 1 aliphatic heterocycles. The van der Waals surface area contributed by atoms with Gasteiger partial charge in [0.15, 0.2) is 0 Å². The smallest absolute Gasteiger partial charge is 0.326 e. The zero-order valence-corrected chi connectivity index (χ0v) is 18.4. The number of imide groups is 1. The molecular weight excluding hydrogens is 418 g/mol. The minimum Gasteiger partial charge on any atom is -0.497 e. The Morgan fingerprint density at radius 3 is 2.97 bits per heavy atom. The number of nitrogens with one attached hydrogen (secondary N) is 1. The number of esters is 1. The lowest BCUT2D eigenvalue weighted by molar-refractivity contribution is -0.149. The summed E-state index contributed by atoms with van der Waals surface area (Å²) >= 11 is 1.44. The number of carbonyl (C=O) groups excluding carboxylic acids is 3. The monoisotopic (exact) mass is 443 g/mol. The Hall–Kier alpha value is -2.94. The lowest BCUT2D eigenvalue weighted by Gasteiger charge is -2.36. The van der Waals surface area contributed by atoms with Crippen molar-refractivity contribution in [1.82, 2.24) is 15.2 Å². The molecule has 1 saturated heterocycles. The van der Waals surface area contributed by atoms with Gasteiger partial charge in [0.1, 0.15) is 29.4 Å². The Morgan fingerprint density at radius 1 is 1.35 bits per heavy atom. The van der Waals surface area contributed by atoms with Gasteiger partial charge in [0.05, 0.1) is 12.8 Å². The molecule has 2 unspecified atom stereocenters. The summed E-state index contributed by atoms with van der Waals surface area (Å²) in [6, 6.07) is 7.02. The Labute approximate surface area is 184 Å². The first kappa shape index (κ1) is 21.3. The number of benzene rings is 1. The van der Waals surface area contributed by atoms with Crippen molar-refractivity contribution in [2.75, 3.05) is 13.7 Å². The summed E-state index contributed by atoms with van der Waals surface area (Å²) in [6.45, 7) is 1.55. The molecule has 8 nitrogen and oxygen atoms in total. The Kier molecular flexibility index (Phi) is 5.95. The van der Waals surface area contributed by atoms with Crippen molar-refractivity contribution in [3.8, 4) is 16.3 Å². The highest BCUT2D eigenvalue weighted by atomic mass is 32.1. The quantitative estimate of drug-likeness (QED) is 0.543. The van der Waals surface area contributed by atoms with Crippen LogP contribution in [-0.2, 0) is 20.9 Å². The molecule has 2 fully saturated rings. The number of amides is 3. The van der Waals surface area contributed by atoms with E-state index in [4.69, 9.17) is 9.47 Å². The van der Waals surface area contributed by atoms with E-state index in [1.54, 1.807) is 7.11 Å². The minimum atomic E-state index is -0.879. The predicted molar refractivity (Wildman–Crippen MR) is 115 cm³/mol. The second-order valence-corrected chi connectivity index (χ2v) is 8.83. The van der Waals surface area contributed by atoms with E-state index in [1.165, 1.54) is 11.3 Å². The van der Waals surface area contributed by atoms with Gasteiger partial charge in [-0.25, -0.2) is 9.78 Å². The van der Waals surface area contributed by atoms with Gasteiger partial charge in [0.2, 0.25) is 0 Å². The third-order valence-electron chi connectivity index (χ3n) is 6.04. The maximum absolute atomic E-state index is 12.9. The summed E-state index contributed by atoms with van der Waals surface area (Å²) in [5, 5.41) is 5.44. The van der Waals surface area contributed by atoms with Crippen LogP contribution in [0.15, 0.2) is 29.6 Å². The van der Waals surface area contributed by atoms with Crippen LogP contribution in [0.25, 0.3) is 10.6 Å². The van der Waals surface area contributed by atoms with Gasteiger partial charge in [-0.15, -0.1) is 11.3 Å². The van der Waals surface area contributed by atoms with E-state index in [-0.39, 0.29) is 18.4 Å². The number of rotatable bonds is 6. The van der Waals surface area contributed by atoms with Crippen molar-refractivity contribution in [3.05, 3.63) is 35.3 Å². The van der Waals surface area contributed by atoms with Crippen LogP contribution in [0.1, 0.15) is 38.3 Å². The molecule has 2 atom stereocenters. The number of thiazole rings is 1. The molecular formula is C22H25N3O5S. The average Bonchev–Trinajstić information content (AvgIpc) is 3.34. The van der Waals surface area contributed by atoms with Gasteiger partial charge in [0.25, 0.3) is 5.91 Å². The molecule has 9 heteroatoms. The van der Waals surface area contributed by atoms with Gasteiger partial charge < -0.3 is 14.8 Å². The van der Waals surface area contributed by atoms with Crippen LogP contribution in [0.4, 0.5) is 4.79 Å². The summed E-state index contributed by atoms with van der Waals surface area (Å²) in [4.78, 5) is 43.1. The molecule has 164 valence electrons. The normalized spacial score (nSPS) is 23.2. The fourth-order valence-electron chi connectivity index (χ4n) is 4.23. The molecule has 1 spiro atoms. The van der Waals surface area contributed by atoms with Crippen molar-refractivity contribution in [1.29, 1.82) is 0 Å². The van der Waals surface area contributed by atoms with Gasteiger partial charge in [-0.3, -0.25) is 14.5 Å². The van der Waals surface area contributed by atoms with Crippen LogP contribution in [0.2, 0.25) is 0 Å². The molecule has 2 aromatic rings. The number of ether oxygens (including phenoxy) is 2. The van der Waals surface area contributed by atoms with Gasteiger partial charge in [-0.1, -0.05) is 31.9 Å². The first-order valence-corrected chi connectivity index (χ1v) is 11.2. The summed E-state index contributed by atoms with van der Waals surface area (Å²) < 4.78 is 10.5. The average molecular weight is 444 g/mol. The Bertz CT molecular complexity index is 1010. The van der Waals surface area contributed by atoms with Gasteiger partial charge in [-0.2, -0.15) is 0 Å². The SMILES string of the molecule is COc1cccc(-c2nc(COC(=O)CN3C(=O)NC4(CCCCC4C)C3=O)cs2)c1. The van der Waals surface area contributed by atoms with Gasteiger partial charge >= 0.3 is 12.0 Å². The van der Waals surface area contributed by atoms with E-state index in [1.807, 2.05) is 36.6 Å². The highest BCUT2D eigenvalue weighted by Gasteiger charge is 2.55. The standard InChI is InChI=1S/C22H25N3O5S/c1-14-6-3-4-9-22(14)20(27)25(21(28)24-22)11-18(26)30-12-16-13-31-19(23-16)15-7-5-8-17(10-15)29-2/h5,7-8,10,13-14H,3-4,6,9,11-12H2,1-2H3,(H,24,28). The van der Waals surface area contributed by atoms with E-state index >= 15 is 0 Å². The molecule has 1 saturated carbocycles. The number of nitrogens with zero attached hydrogens (tertiary/aromatic N) is 2. The zero-order chi connectivity index (χ0) is 22.0. The van der Waals surface area contributed by atoms with Gasteiger partial charge in [-0.05, 0) is 30.9 Å². The zero-order valence-electron chi connectivity index (χ0n) is 17.6. The second-order valence-electron chi connectivity index (χ2n) is 7.98. The molecule has 4 rings (SSSR count). The van der Waals surface area contributed by atoms with Crippen molar-refractivity contribution in [2.24, 2.45) is 5.92 Å². The number of carbonyl (C=O) groups is 3. The topological polar surface area (TPSA) is 97.8 Å². The largest absolute Gasteiger partial charge is 0.497 e. The van der Waals surface area contributed by atoms with E-state index in [9.17, 15) is 14.4 Å². The van der Waals surface area contributed by atoms with Crippen LogP contribution < -0.4 is 10.1 Å². The second kappa shape index (κ2) is 8.66. The first-order valence-electron chi connectivity index (χ1n) is 10.3. The molecule has 1 N–H and O–H groups in total. The number of aromatic nitrogens is 1. The third kappa shape index (κ3) is 4.14. The van der Waals surface area contributed by atoms with Crippen LogP contribution in [0.5, 0.6) is 5.75 Å². The third-order valence-corrected chi connectivity index (χ3v) is 6.98. The number of urea groups is 1. The van der Waals surface area contributed by atoms with Gasteiger partial charge in [0, 0.05) is 10.9 Å². The Morgan fingerprint density at radius 2 is 2.19 bits per heavy atom. The van der Waals surface area contributed by atoms with Crippen LogP contribution in [0.3, 0.4) is 0 Å². The Balaban J connectivity index is 1.35. The van der Waals surface area contributed by atoms with E-state index < -0.39 is 24.1 Å². The van der Waals surface area contributed by atoms with E-state index in [2.05, 4.69) is 10.3 Å². The van der Waals surface area contributed by atoms with Crippen molar-refractivity contribution >= 4 is 29.2 Å². The number of methoxy groups -OCH3 is 1. The summed E-state index contributed by atoms with van der Waals surface area (Å²) in [6.07, 6.45) is 3.41. The van der Waals surface area contributed by atoms with Crippen molar-refractivity contribution < 1.29 is 23.9 Å². The molecule has 3 amide bonds. The number of hydrogen-bond acceptors (Lipinski definition) is 7. The predicted octanol–water partition coefficient (Wildman–Crippen LogP) is 3.36. The van der Waals surface area contributed by atoms with Crippen LogP contribution >= 0.6 is 11.3 Å². The maximum Gasteiger partial charge on any atom is 0.326 e. The fourth-order valence-corrected chi connectivity index (χ4v) is 5.03. The molecule has 31 heavy (non-hydrogen) atoms. The summed E-state index contributed by atoms with van der Waals surface area (Å²) in [5.74, 6) is -0.182. The first-order chi connectivity index (χ1) is 14.9. The lowest BCUT2D eigenvalue weighted by Crippen LogP contribution is -2.54. The number of hydrogen-bond donors (Lipinski definition) is 1. The van der Waals surface area contributed by atoms with Crippen LogP contribution in [-0.4, -0.2) is 47.0 Å². The van der Waals surface area contributed by atoms with Crippen molar-refractivity contribution in [2.45, 2.75) is 44.8 Å². The van der Waals surface area contributed by atoms with E-state index in [0.29, 0.717) is 12.1 Å². The highest BCUT2D eigenvalue weighted by molar-refractivity contribution is 7.13. The highest BCUT2D eigenvalue weighted by Crippen LogP contribution is 2.38. The molecule has 1 aliphatic carbocycles. The molecule has 0 radical (unpaired) electrons. The minimum absolute atomic E-state index is 0.0233. The maximum atomic E-state index is 12.9. The summed E-state index contributed by atoms with van der Waals surface area (Å²) in [5.41, 5.74) is 0.634. The van der Waals surface area contributed by atoms with Crippen LogP contribution in [0, 0.1) is 5.92 Å². The lowest BCUT2D eigenvalue weighted by atomic mass is 9.73. The summed E-state index contributed by atoms with van der Waals surface area (Å²) in [7, 11) is 1.61. The molecule has 0 bridgehead atoms. The molecule has 1 aromatic heterocycles. The molecule has 2 heterocycles. The molecule has 1 aromatic carbocycles. The fraction of sp³-hybridized carbons (Fsp3) is 0.455. The molecule has 2 aliphatic rings.